The summed E-state index contributed by atoms with van der Waals surface area (Å²) in [4.78, 5) is 4.56. The predicted molar refractivity (Wildman–Crippen MR) is 39.0 cm³/mol. The van der Waals surface area contributed by atoms with Crippen molar-refractivity contribution in [2.45, 2.75) is 6.92 Å². The lowest BCUT2D eigenvalue weighted by Crippen LogP contribution is -2.36. The van der Waals surface area contributed by atoms with Gasteiger partial charge in [-0.1, -0.05) is 13.0 Å². The van der Waals surface area contributed by atoms with Crippen LogP contribution in [0.3, 0.4) is 0 Å². The Kier molecular flexibility index (Phi) is 2.11. The molecular formula is C7H14N2. The standard InChI is InChI=1S/C7H14N2/c1-3-9-6-4-5-8(2)7-9/h4-5H,3,6-7H2,1-2H3. The van der Waals surface area contributed by atoms with Crippen LogP contribution in [0.4, 0.5) is 0 Å². The van der Waals surface area contributed by atoms with Gasteiger partial charge in [0.25, 0.3) is 0 Å². The monoisotopic (exact) mass is 126 g/mol. The third-order valence-corrected chi connectivity index (χ3v) is 1.59. The van der Waals surface area contributed by atoms with Crippen LogP contribution in [0.1, 0.15) is 6.92 Å². The molecular weight excluding hydrogens is 112 g/mol. The SMILES string of the molecule is CCN1CC=CN(C)C1. The Morgan fingerprint density at radius 1 is 1.56 bits per heavy atom. The highest BCUT2D eigenvalue weighted by molar-refractivity contribution is 4.88. The van der Waals surface area contributed by atoms with Crippen LogP contribution in [0.15, 0.2) is 12.3 Å². The van der Waals surface area contributed by atoms with Crippen molar-refractivity contribution in [2.75, 3.05) is 26.8 Å². The third kappa shape index (κ3) is 1.72. The Morgan fingerprint density at radius 2 is 2.33 bits per heavy atom. The lowest BCUT2D eigenvalue weighted by atomic mass is 10.4. The fraction of sp³-hybridized carbons (Fsp3) is 0.714. The van der Waals surface area contributed by atoms with Crippen molar-refractivity contribution in [1.29, 1.82) is 0 Å². The molecule has 0 atom stereocenters. The molecule has 0 N–H and O–H groups in total. The summed E-state index contributed by atoms with van der Waals surface area (Å²) < 4.78 is 0. The zero-order valence-corrected chi connectivity index (χ0v) is 6.17. The topological polar surface area (TPSA) is 6.48 Å². The summed E-state index contributed by atoms with van der Waals surface area (Å²) in [5.41, 5.74) is 0. The van der Waals surface area contributed by atoms with Crippen LogP contribution in [-0.4, -0.2) is 36.6 Å². The van der Waals surface area contributed by atoms with E-state index in [2.05, 4.69) is 36.0 Å². The Hall–Kier alpha value is -0.500. The lowest BCUT2D eigenvalue weighted by molar-refractivity contribution is 0.200. The second-order valence-corrected chi connectivity index (χ2v) is 2.45. The normalized spacial score (nSPS) is 20.9. The van der Waals surface area contributed by atoms with E-state index in [1.54, 1.807) is 0 Å². The Bertz CT molecular complexity index is 109. The molecule has 0 saturated carbocycles. The van der Waals surface area contributed by atoms with E-state index in [4.69, 9.17) is 0 Å². The van der Waals surface area contributed by atoms with Gasteiger partial charge in [0.1, 0.15) is 0 Å². The van der Waals surface area contributed by atoms with Crippen LogP contribution < -0.4 is 0 Å². The van der Waals surface area contributed by atoms with Gasteiger partial charge in [-0.15, -0.1) is 0 Å². The van der Waals surface area contributed by atoms with E-state index >= 15 is 0 Å². The van der Waals surface area contributed by atoms with Gasteiger partial charge in [0, 0.05) is 13.6 Å². The molecule has 0 bridgehead atoms. The molecule has 0 fully saturated rings. The fourth-order valence-corrected chi connectivity index (χ4v) is 1.03. The minimum atomic E-state index is 1.08. The third-order valence-electron chi connectivity index (χ3n) is 1.59. The fourth-order valence-electron chi connectivity index (χ4n) is 1.03. The van der Waals surface area contributed by atoms with Crippen LogP contribution in [0.2, 0.25) is 0 Å². The van der Waals surface area contributed by atoms with Crippen molar-refractivity contribution >= 4 is 0 Å². The highest BCUT2D eigenvalue weighted by Gasteiger charge is 2.04. The van der Waals surface area contributed by atoms with Crippen molar-refractivity contribution in [3.63, 3.8) is 0 Å². The highest BCUT2D eigenvalue weighted by Crippen LogP contribution is 1.98. The average molecular weight is 126 g/mol. The molecule has 1 aliphatic rings. The summed E-state index contributed by atoms with van der Waals surface area (Å²) in [5.74, 6) is 0. The molecule has 0 amide bonds. The zero-order chi connectivity index (χ0) is 6.69. The van der Waals surface area contributed by atoms with Crippen LogP contribution in [0.5, 0.6) is 0 Å². The number of hydrogen-bond donors (Lipinski definition) is 0. The summed E-state index contributed by atoms with van der Waals surface area (Å²) in [6.07, 6.45) is 4.32. The average Bonchev–Trinajstić information content (AvgIpc) is 1.88. The van der Waals surface area contributed by atoms with E-state index in [-0.39, 0.29) is 0 Å². The molecule has 0 spiro atoms. The summed E-state index contributed by atoms with van der Waals surface area (Å²) >= 11 is 0. The maximum absolute atomic E-state index is 2.38. The van der Waals surface area contributed by atoms with Gasteiger partial charge in [0.15, 0.2) is 0 Å². The predicted octanol–water partition coefficient (Wildman–Crippen LogP) is 0.725. The van der Waals surface area contributed by atoms with E-state index in [9.17, 15) is 0 Å². The van der Waals surface area contributed by atoms with Crippen molar-refractivity contribution in [3.8, 4) is 0 Å². The summed E-state index contributed by atoms with van der Waals surface area (Å²) in [6, 6.07) is 0. The minimum Gasteiger partial charge on any atom is -0.368 e. The molecule has 0 aromatic carbocycles. The summed E-state index contributed by atoms with van der Waals surface area (Å²) in [5, 5.41) is 0. The van der Waals surface area contributed by atoms with E-state index in [1.165, 1.54) is 0 Å². The number of likely N-dealkylation sites (N-methyl/N-ethyl adjacent to an activating group) is 1. The molecule has 9 heavy (non-hydrogen) atoms. The Balaban J connectivity index is 2.38. The van der Waals surface area contributed by atoms with E-state index in [0.717, 1.165) is 19.8 Å². The highest BCUT2D eigenvalue weighted by atomic mass is 15.3. The first kappa shape index (κ1) is 6.62. The minimum absolute atomic E-state index is 1.08. The Morgan fingerprint density at radius 3 is 2.78 bits per heavy atom. The van der Waals surface area contributed by atoms with Crippen molar-refractivity contribution < 1.29 is 0 Å². The molecule has 2 nitrogen and oxygen atoms in total. The van der Waals surface area contributed by atoms with Crippen molar-refractivity contribution in [1.82, 2.24) is 9.80 Å². The van der Waals surface area contributed by atoms with Gasteiger partial charge in [0.2, 0.25) is 0 Å². The van der Waals surface area contributed by atoms with Crippen LogP contribution >= 0.6 is 0 Å². The van der Waals surface area contributed by atoms with E-state index in [1.807, 2.05) is 0 Å². The summed E-state index contributed by atoms with van der Waals surface area (Å²) in [6.45, 7) is 5.52. The molecule has 0 saturated heterocycles. The van der Waals surface area contributed by atoms with Crippen molar-refractivity contribution in [2.24, 2.45) is 0 Å². The quantitative estimate of drug-likeness (QED) is 0.511. The zero-order valence-electron chi connectivity index (χ0n) is 6.17. The van der Waals surface area contributed by atoms with Gasteiger partial charge >= 0.3 is 0 Å². The second-order valence-electron chi connectivity index (χ2n) is 2.45. The van der Waals surface area contributed by atoms with Crippen LogP contribution in [0.25, 0.3) is 0 Å². The Labute approximate surface area is 56.8 Å². The van der Waals surface area contributed by atoms with Gasteiger partial charge in [0.05, 0.1) is 6.67 Å². The maximum atomic E-state index is 2.38. The molecule has 0 aromatic rings. The largest absolute Gasteiger partial charge is 0.368 e. The number of nitrogens with zero attached hydrogens (tertiary/aromatic N) is 2. The summed E-state index contributed by atoms with van der Waals surface area (Å²) in [7, 11) is 2.10. The smallest absolute Gasteiger partial charge is 0.0700 e. The second kappa shape index (κ2) is 2.87. The molecule has 1 rings (SSSR count). The van der Waals surface area contributed by atoms with E-state index in [0.29, 0.717) is 0 Å². The molecule has 1 aliphatic heterocycles. The van der Waals surface area contributed by atoms with Crippen LogP contribution in [-0.2, 0) is 0 Å². The molecule has 0 aromatic heterocycles. The molecule has 2 heteroatoms. The van der Waals surface area contributed by atoms with Crippen molar-refractivity contribution in [3.05, 3.63) is 12.3 Å². The van der Waals surface area contributed by atoms with Gasteiger partial charge in [-0.3, -0.25) is 4.90 Å². The van der Waals surface area contributed by atoms with Gasteiger partial charge in [-0.2, -0.15) is 0 Å². The first-order valence-electron chi connectivity index (χ1n) is 3.42. The van der Waals surface area contributed by atoms with E-state index < -0.39 is 0 Å². The first-order chi connectivity index (χ1) is 4.33. The van der Waals surface area contributed by atoms with Gasteiger partial charge in [-0.05, 0) is 12.7 Å². The van der Waals surface area contributed by atoms with Crippen LogP contribution in [0, 0.1) is 0 Å². The maximum Gasteiger partial charge on any atom is 0.0700 e. The van der Waals surface area contributed by atoms with Gasteiger partial charge < -0.3 is 4.90 Å². The molecule has 52 valence electrons. The number of rotatable bonds is 1. The number of hydrogen-bond acceptors (Lipinski definition) is 2. The molecule has 0 aliphatic carbocycles. The van der Waals surface area contributed by atoms with Gasteiger partial charge in [-0.25, -0.2) is 0 Å². The molecule has 0 radical (unpaired) electrons. The first-order valence-corrected chi connectivity index (χ1v) is 3.42. The lowest BCUT2D eigenvalue weighted by Gasteiger charge is -2.28. The molecule has 1 heterocycles. The molecule has 0 unspecified atom stereocenters.